The van der Waals surface area contributed by atoms with Crippen molar-refractivity contribution in [3.63, 3.8) is 0 Å². The topological polar surface area (TPSA) is 47.6 Å². The SMILES string of the molecule is N#CC(C#N)=Cc1c(C(F)(F)F)cc(F)c(F)c1F. The fourth-order valence-electron chi connectivity index (χ4n) is 1.22. The van der Waals surface area contributed by atoms with E-state index in [9.17, 15) is 26.3 Å². The van der Waals surface area contributed by atoms with Crippen LogP contribution in [-0.4, -0.2) is 0 Å². The molecule has 0 amide bonds. The van der Waals surface area contributed by atoms with Crippen LogP contribution < -0.4 is 0 Å². The van der Waals surface area contributed by atoms with Crippen molar-refractivity contribution in [2.24, 2.45) is 0 Å². The summed E-state index contributed by atoms with van der Waals surface area (Å²) in [7, 11) is 0. The highest BCUT2D eigenvalue weighted by Gasteiger charge is 2.36. The predicted molar refractivity (Wildman–Crippen MR) is 50.5 cm³/mol. The van der Waals surface area contributed by atoms with Crippen LogP contribution in [0.1, 0.15) is 11.1 Å². The van der Waals surface area contributed by atoms with E-state index in [0.717, 1.165) is 0 Å². The Bertz CT molecular complexity index is 615. The second-order valence-electron chi connectivity index (χ2n) is 3.23. The molecule has 2 nitrogen and oxygen atoms in total. The molecule has 0 heterocycles. The van der Waals surface area contributed by atoms with Crippen LogP contribution >= 0.6 is 0 Å². The van der Waals surface area contributed by atoms with Crippen LogP contribution in [0.5, 0.6) is 0 Å². The Hall–Kier alpha value is -2.48. The lowest BCUT2D eigenvalue weighted by Gasteiger charge is -2.12. The normalized spacial score (nSPS) is 10.5. The van der Waals surface area contributed by atoms with Crippen molar-refractivity contribution >= 4 is 6.08 Å². The van der Waals surface area contributed by atoms with E-state index in [1.807, 2.05) is 0 Å². The smallest absolute Gasteiger partial charge is 0.204 e. The molecule has 0 unspecified atom stereocenters. The van der Waals surface area contributed by atoms with Crippen molar-refractivity contribution < 1.29 is 26.3 Å². The number of nitrogens with zero attached hydrogens (tertiary/aromatic N) is 2. The highest BCUT2D eigenvalue weighted by Crippen LogP contribution is 2.35. The maximum absolute atomic E-state index is 13.3. The molecule has 0 fully saturated rings. The van der Waals surface area contributed by atoms with Gasteiger partial charge in [0.2, 0.25) is 0 Å². The van der Waals surface area contributed by atoms with Gasteiger partial charge in [-0.25, -0.2) is 13.2 Å². The van der Waals surface area contributed by atoms with Crippen molar-refractivity contribution in [2.45, 2.75) is 6.18 Å². The first-order chi connectivity index (χ1) is 8.72. The second-order valence-corrected chi connectivity index (χ2v) is 3.23. The first-order valence-electron chi connectivity index (χ1n) is 4.49. The number of nitriles is 2. The monoisotopic (exact) mass is 276 g/mol. The molecule has 0 saturated heterocycles. The van der Waals surface area contributed by atoms with Crippen molar-refractivity contribution in [3.05, 3.63) is 40.2 Å². The average molecular weight is 276 g/mol. The van der Waals surface area contributed by atoms with Crippen LogP contribution in [0.15, 0.2) is 11.6 Å². The number of halogens is 6. The molecule has 0 aliphatic carbocycles. The first kappa shape index (κ1) is 14.6. The zero-order valence-electron chi connectivity index (χ0n) is 8.82. The molecule has 8 heteroatoms. The first-order valence-corrected chi connectivity index (χ1v) is 4.49. The van der Waals surface area contributed by atoms with Gasteiger partial charge in [-0.3, -0.25) is 0 Å². The standard InChI is InChI=1S/C11H2F6N2/c12-8-2-7(11(15,16)17)6(9(13)10(8)14)1-5(3-18)4-19/h1-2H. The molecule has 0 aliphatic rings. The molecule has 0 atom stereocenters. The van der Waals surface area contributed by atoms with Gasteiger partial charge in [0.1, 0.15) is 17.7 Å². The fraction of sp³-hybridized carbons (Fsp3) is 0.0909. The third-order valence-electron chi connectivity index (χ3n) is 2.04. The zero-order chi connectivity index (χ0) is 14.8. The lowest BCUT2D eigenvalue weighted by atomic mass is 10.0. The predicted octanol–water partition coefficient (Wildman–Crippen LogP) is 3.55. The summed E-state index contributed by atoms with van der Waals surface area (Å²) in [6, 6.07) is 2.14. The van der Waals surface area contributed by atoms with Crippen LogP contribution in [0.4, 0.5) is 26.3 Å². The number of hydrogen-bond donors (Lipinski definition) is 0. The van der Waals surface area contributed by atoms with Crippen molar-refractivity contribution in [1.82, 2.24) is 0 Å². The number of alkyl halides is 3. The van der Waals surface area contributed by atoms with Gasteiger partial charge in [-0.2, -0.15) is 23.7 Å². The highest BCUT2D eigenvalue weighted by molar-refractivity contribution is 5.65. The van der Waals surface area contributed by atoms with E-state index in [1.165, 1.54) is 12.1 Å². The Morgan fingerprint density at radius 3 is 2.00 bits per heavy atom. The summed E-state index contributed by atoms with van der Waals surface area (Å²) in [6.45, 7) is 0. The fourth-order valence-corrected chi connectivity index (χ4v) is 1.22. The van der Waals surface area contributed by atoms with E-state index in [4.69, 9.17) is 10.5 Å². The summed E-state index contributed by atoms with van der Waals surface area (Å²) in [5, 5.41) is 16.8. The summed E-state index contributed by atoms with van der Waals surface area (Å²) < 4.78 is 76.6. The molecule has 19 heavy (non-hydrogen) atoms. The summed E-state index contributed by atoms with van der Waals surface area (Å²) in [4.78, 5) is 0. The quantitative estimate of drug-likeness (QED) is 0.447. The van der Waals surface area contributed by atoms with Gasteiger partial charge in [-0.15, -0.1) is 0 Å². The Labute approximate surface area is 102 Å². The lowest BCUT2D eigenvalue weighted by molar-refractivity contribution is -0.138. The van der Waals surface area contributed by atoms with E-state index in [2.05, 4.69) is 0 Å². The second kappa shape index (κ2) is 5.02. The van der Waals surface area contributed by atoms with E-state index in [-0.39, 0.29) is 12.1 Å². The number of benzene rings is 1. The molecule has 1 aromatic rings. The lowest BCUT2D eigenvalue weighted by Crippen LogP contribution is -2.11. The number of allylic oxidation sites excluding steroid dienone is 1. The molecule has 1 aromatic carbocycles. The van der Waals surface area contributed by atoms with Crippen LogP contribution in [0, 0.1) is 40.1 Å². The third kappa shape index (κ3) is 2.86. The third-order valence-corrected chi connectivity index (χ3v) is 2.04. The summed E-state index contributed by atoms with van der Waals surface area (Å²) in [5.74, 6) is -6.25. The van der Waals surface area contributed by atoms with Crippen molar-refractivity contribution in [2.75, 3.05) is 0 Å². The summed E-state index contributed by atoms with van der Waals surface area (Å²) >= 11 is 0. The molecule has 0 N–H and O–H groups in total. The number of hydrogen-bond acceptors (Lipinski definition) is 2. The van der Waals surface area contributed by atoms with Gasteiger partial charge in [0.15, 0.2) is 17.5 Å². The molecule has 98 valence electrons. The summed E-state index contributed by atoms with van der Waals surface area (Å²) in [6.07, 6.45) is -4.96. The van der Waals surface area contributed by atoms with Crippen molar-refractivity contribution in [1.29, 1.82) is 10.5 Å². The maximum atomic E-state index is 13.3. The van der Waals surface area contributed by atoms with Crippen LogP contribution in [-0.2, 0) is 6.18 Å². The molecular formula is C11H2F6N2. The van der Waals surface area contributed by atoms with Crippen molar-refractivity contribution in [3.8, 4) is 12.1 Å². The molecule has 0 aromatic heterocycles. The Morgan fingerprint density at radius 2 is 1.58 bits per heavy atom. The van der Waals surface area contributed by atoms with E-state index in [0.29, 0.717) is 0 Å². The minimum absolute atomic E-state index is 0.209. The van der Waals surface area contributed by atoms with Crippen LogP contribution in [0.3, 0.4) is 0 Å². The minimum Gasteiger partial charge on any atom is -0.204 e. The van der Waals surface area contributed by atoms with Gasteiger partial charge in [-0.05, 0) is 12.1 Å². The molecule has 0 aliphatic heterocycles. The van der Waals surface area contributed by atoms with Gasteiger partial charge in [0.25, 0.3) is 0 Å². The Balaban J connectivity index is 3.72. The van der Waals surface area contributed by atoms with Gasteiger partial charge < -0.3 is 0 Å². The van der Waals surface area contributed by atoms with Gasteiger partial charge in [0.05, 0.1) is 5.56 Å². The largest absolute Gasteiger partial charge is 0.417 e. The van der Waals surface area contributed by atoms with E-state index < -0.39 is 40.3 Å². The van der Waals surface area contributed by atoms with Gasteiger partial charge in [0, 0.05) is 5.56 Å². The van der Waals surface area contributed by atoms with E-state index in [1.54, 1.807) is 0 Å². The van der Waals surface area contributed by atoms with Crippen LogP contribution in [0.2, 0.25) is 0 Å². The number of rotatable bonds is 1. The Morgan fingerprint density at radius 1 is 1.05 bits per heavy atom. The van der Waals surface area contributed by atoms with E-state index >= 15 is 0 Å². The average Bonchev–Trinajstić information content (AvgIpc) is 2.33. The van der Waals surface area contributed by atoms with Gasteiger partial charge in [-0.1, -0.05) is 0 Å². The minimum atomic E-state index is -5.17. The molecular weight excluding hydrogens is 274 g/mol. The van der Waals surface area contributed by atoms with Gasteiger partial charge >= 0.3 is 6.18 Å². The maximum Gasteiger partial charge on any atom is 0.417 e. The van der Waals surface area contributed by atoms with Crippen LogP contribution in [0.25, 0.3) is 6.08 Å². The molecule has 0 spiro atoms. The molecule has 1 rings (SSSR count). The zero-order valence-corrected chi connectivity index (χ0v) is 8.82. The summed E-state index contributed by atoms with van der Waals surface area (Å²) in [5.41, 5.74) is -4.09. The highest BCUT2D eigenvalue weighted by atomic mass is 19.4. The molecule has 0 bridgehead atoms. The molecule has 0 radical (unpaired) electrons. The Kier molecular flexibility index (Phi) is 3.86. The molecule has 0 saturated carbocycles.